The van der Waals surface area contributed by atoms with Gasteiger partial charge in [-0.1, -0.05) is 0 Å². The van der Waals surface area contributed by atoms with Gasteiger partial charge in [0.25, 0.3) is 5.56 Å². The van der Waals surface area contributed by atoms with E-state index in [1.54, 1.807) is 10.6 Å². The summed E-state index contributed by atoms with van der Waals surface area (Å²) >= 11 is 0. The van der Waals surface area contributed by atoms with Crippen LogP contribution in [0.1, 0.15) is 52.7 Å². The minimum atomic E-state index is -1.51. The van der Waals surface area contributed by atoms with Gasteiger partial charge in [-0.05, 0) is 42.0 Å². The van der Waals surface area contributed by atoms with Gasteiger partial charge in [0.15, 0.2) is 6.10 Å². The number of ether oxygens (including phenoxy) is 1. The molecule has 1 unspecified atom stereocenters. The Morgan fingerprint density at radius 3 is 2.73 bits per heavy atom. The van der Waals surface area contributed by atoms with Gasteiger partial charge in [-0.15, -0.1) is 0 Å². The first kappa shape index (κ1) is 17.7. The Balaban J connectivity index is 1.63. The first-order chi connectivity index (χ1) is 14.5. The fourth-order valence-corrected chi connectivity index (χ4v) is 4.69. The third kappa shape index (κ3) is 2.28. The summed E-state index contributed by atoms with van der Waals surface area (Å²) in [6.07, 6.45) is 0.451. The average Bonchev–Trinajstić information content (AvgIpc) is 3.51. The van der Waals surface area contributed by atoms with Crippen molar-refractivity contribution in [3.05, 3.63) is 62.2 Å². The molecule has 152 valence electrons. The summed E-state index contributed by atoms with van der Waals surface area (Å²) in [4.78, 5) is 29.5. The van der Waals surface area contributed by atoms with Gasteiger partial charge in [0.2, 0.25) is 0 Å². The van der Waals surface area contributed by atoms with Gasteiger partial charge in [0, 0.05) is 29.1 Å². The molecule has 7 nitrogen and oxygen atoms in total. The van der Waals surface area contributed by atoms with Crippen molar-refractivity contribution in [2.75, 3.05) is 0 Å². The molecule has 4 heterocycles. The van der Waals surface area contributed by atoms with E-state index >= 15 is 0 Å². The highest BCUT2D eigenvalue weighted by Crippen LogP contribution is 2.44. The standard InChI is InChI=1S/C22H18FN3O4/c23-16-5-17-11(3-10(16)9-1-2-9)13(6-24)14-7-26-18(19(14)25-17)4-12-15(21(26)28)8-30-22(29)20(12)27/h3-5,9,20,27H,1-2,6-8,24H2. The lowest BCUT2D eigenvalue weighted by Gasteiger charge is -2.21. The largest absolute Gasteiger partial charge is 0.458 e. The van der Waals surface area contributed by atoms with Crippen LogP contribution in [0.3, 0.4) is 0 Å². The number of carbonyl (C=O) groups is 1. The average molecular weight is 407 g/mol. The molecule has 1 saturated carbocycles. The van der Waals surface area contributed by atoms with E-state index in [0.717, 1.165) is 29.4 Å². The highest BCUT2D eigenvalue weighted by atomic mass is 19.1. The van der Waals surface area contributed by atoms with Crippen molar-refractivity contribution in [1.29, 1.82) is 0 Å². The molecule has 8 heteroatoms. The molecule has 30 heavy (non-hydrogen) atoms. The summed E-state index contributed by atoms with van der Waals surface area (Å²) in [7, 11) is 0. The number of nitrogens with zero attached hydrogens (tertiary/aromatic N) is 2. The lowest BCUT2D eigenvalue weighted by Crippen LogP contribution is -2.32. The molecule has 2 aromatic heterocycles. The van der Waals surface area contributed by atoms with Crippen molar-refractivity contribution in [1.82, 2.24) is 9.55 Å². The van der Waals surface area contributed by atoms with Gasteiger partial charge in [-0.3, -0.25) is 4.79 Å². The van der Waals surface area contributed by atoms with Crippen LogP contribution in [-0.2, 0) is 29.2 Å². The highest BCUT2D eigenvalue weighted by Gasteiger charge is 2.35. The van der Waals surface area contributed by atoms with Gasteiger partial charge in [0.05, 0.1) is 29.0 Å². The van der Waals surface area contributed by atoms with Crippen LogP contribution in [0.5, 0.6) is 0 Å². The lowest BCUT2D eigenvalue weighted by atomic mass is 9.97. The number of hydrogen-bond donors (Lipinski definition) is 2. The van der Waals surface area contributed by atoms with Crippen LogP contribution in [0.4, 0.5) is 4.39 Å². The van der Waals surface area contributed by atoms with Crippen LogP contribution < -0.4 is 11.3 Å². The van der Waals surface area contributed by atoms with E-state index in [4.69, 9.17) is 10.5 Å². The zero-order chi connectivity index (χ0) is 20.7. The number of fused-ring (bicyclic) bond motifs is 5. The van der Waals surface area contributed by atoms with Crippen LogP contribution >= 0.6 is 0 Å². The third-order valence-corrected chi connectivity index (χ3v) is 6.41. The maximum atomic E-state index is 14.7. The van der Waals surface area contributed by atoms with E-state index in [9.17, 15) is 19.1 Å². The zero-order valence-electron chi connectivity index (χ0n) is 15.9. The second-order valence-electron chi connectivity index (χ2n) is 8.15. The van der Waals surface area contributed by atoms with Crippen molar-refractivity contribution in [3.8, 4) is 11.4 Å². The summed E-state index contributed by atoms with van der Waals surface area (Å²) < 4.78 is 21.1. The molecule has 1 aliphatic carbocycles. The van der Waals surface area contributed by atoms with E-state index in [-0.39, 0.29) is 48.1 Å². The van der Waals surface area contributed by atoms with Crippen LogP contribution in [0, 0.1) is 5.82 Å². The minimum absolute atomic E-state index is 0.171. The fraction of sp³-hybridized carbons (Fsp3) is 0.318. The van der Waals surface area contributed by atoms with Crippen molar-refractivity contribution in [2.45, 2.75) is 44.6 Å². The molecule has 0 bridgehead atoms. The fourth-order valence-electron chi connectivity index (χ4n) is 4.69. The van der Waals surface area contributed by atoms with Gasteiger partial charge in [0.1, 0.15) is 12.4 Å². The molecular formula is C22H18FN3O4. The van der Waals surface area contributed by atoms with Crippen molar-refractivity contribution >= 4 is 16.9 Å². The molecule has 0 saturated heterocycles. The van der Waals surface area contributed by atoms with Gasteiger partial charge >= 0.3 is 5.97 Å². The highest BCUT2D eigenvalue weighted by molar-refractivity contribution is 5.89. The molecule has 1 atom stereocenters. The van der Waals surface area contributed by atoms with Gasteiger partial charge in [-0.2, -0.15) is 0 Å². The van der Waals surface area contributed by atoms with E-state index in [0.29, 0.717) is 22.5 Å². The maximum absolute atomic E-state index is 14.7. The van der Waals surface area contributed by atoms with Crippen molar-refractivity contribution in [3.63, 3.8) is 0 Å². The molecule has 0 spiro atoms. The molecular weight excluding hydrogens is 389 g/mol. The quantitative estimate of drug-likeness (QED) is 0.492. The smallest absolute Gasteiger partial charge is 0.340 e. The number of pyridine rings is 2. The second-order valence-corrected chi connectivity index (χ2v) is 8.15. The monoisotopic (exact) mass is 407 g/mol. The Morgan fingerprint density at radius 1 is 1.20 bits per heavy atom. The summed E-state index contributed by atoms with van der Waals surface area (Å²) in [5.74, 6) is -0.813. The van der Waals surface area contributed by atoms with Crippen molar-refractivity contribution < 1.29 is 19.0 Å². The number of nitrogens with two attached hydrogens (primary N) is 1. The number of rotatable bonds is 2. The minimum Gasteiger partial charge on any atom is -0.458 e. The number of hydrogen-bond acceptors (Lipinski definition) is 6. The Kier molecular flexibility index (Phi) is 3.52. The van der Waals surface area contributed by atoms with Gasteiger partial charge in [-0.25, -0.2) is 14.2 Å². The number of aliphatic hydroxyl groups excluding tert-OH is 1. The molecule has 6 rings (SSSR count). The second kappa shape index (κ2) is 5.96. The molecule has 1 fully saturated rings. The molecule has 0 amide bonds. The van der Waals surface area contributed by atoms with Crippen LogP contribution in [-0.4, -0.2) is 20.6 Å². The summed E-state index contributed by atoms with van der Waals surface area (Å²) in [6.45, 7) is 0.339. The van der Waals surface area contributed by atoms with Crippen LogP contribution in [0.15, 0.2) is 23.0 Å². The number of carbonyl (C=O) groups excluding carboxylic acids is 1. The van der Waals surface area contributed by atoms with E-state index in [1.165, 1.54) is 6.07 Å². The van der Waals surface area contributed by atoms with Crippen LogP contribution in [0.2, 0.25) is 0 Å². The number of halogens is 1. The predicted molar refractivity (Wildman–Crippen MR) is 105 cm³/mol. The normalized spacial score (nSPS) is 19.4. The molecule has 0 radical (unpaired) electrons. The Labute approximate surface area is 169 Å². The Bertz CT molecular complexity index is 1340. The Morgan fingerprint density at radius 2 is 2.00 bits per heavy atom. The number of aliphatic hydroxyl groups is 1. The molecule has 3 aromatic rings. The third-order valence-electron chi connectivity index (χ3n) is 6.41. The molecule has 1 aromatic carbocycles. The first-order valence-corrected chi connectivity index (χ1v) is 9.94. The molecule has 3 N–H and O–H groups in total. The maximum Gasteiger partial charge on any atom is 0.340 e. The first-order valence-electron chi connectivity index (χ1n) is 9.94. The SMILES string of the molecule is NCc1c2c(nc3cc(F)c(C4CC4)cc13)-c1cc3c(c(=O)n1C2)COC(=O)C3O. The van der Waals surface area contributed by atoms with E-state index in [2.05, 4.69) is 4.98 Å². The number of esters is 1. The number of cyclic esters (lactones) is 1. The topological polar surface area (TPSA) is 107 Å². The van der Waals surface area contributed by atoms with E-state index < -0.39 is 12.1 Å². The van der Waals surface area contributed by atoms with Crippen molar-refractivity contribution in [2.24, 2.45) is 5.73 Å². The summed E-state index contributed by atoms with van der Waals surface area (Å²) in [6, 6.07) is 4.90. The summed E-state index contributed by atoms with van der Waals surface area (Å²) in [5.41, 5.74) is 10.1. The summed E-state index contributed by atoms with van der Waals surface area (Å²) in [5, 5.41) is 11.0. The molecule has 2 aliphatic heterocycles. The molecule has 3 aliphatic rings. The number of aromatic nitrogens is 2. The van der Waals surface area contributed by atoms with Gasteiger partial charge < -0.3 is 20.1 Å². The van der Waals surface area contributed by atoms with Crippen LogP contribution in [0.25, 0.3) is 22.3 Å². The predicted octanol–water partition coefficient (Wildman–Crippen LogP) is 1.99. The zero-order valence-corrected chi connectivity index (χ0v) is 15.9. The lowest BCUT2D eigenvalue weighted by molar-refractivity contribution is -0.157. The van der Waals surface area contributed by atoms with E-state index in [1.807, 2.05) is 6.07 Å². The Hall–Kier alpha value is -3.10. The number of benzene rings is 1.